The number of amides is 1. The number of carbonyl (C=O) groups excluding carboxylic acids is 2. The van der Waals surface area contributed by atoms with Crippen LogP contribution >= 0.6 is 0 Å². The molecule has 0 aromatic carbocycles. The summed E-state index contributed by atoms with van der Waals surface area (Å²) in [5.41, 5.74) is -1.20. The van der Waals surface area contributed by atoms with Crippen LogP contribution < -0.4 is 5.32 Å². The van der Waals surface area contributed by atoms with Gasteiger partial charge in [0.1, 0.15) is 0 Å². The minimum atomic E-state index is -5.06. The molecule has 2 rings (SSSR count). The summed E-state index contributed by atoms with van der Waals surface area (Å²) < 4.78 is 45.0. The Bertz CT molecular complexity index is 372. The zero-order valence-corrected chi connectivity index (χ0v) is 8.71. The summed E-state index contributed by atoms with van der Waals surface area (Å²) in [5.74, 6) is -2.31. The molecule has 9 heteroatoms. The van der Waals surface area contributed by atoms with E-state index in [-0.39, 0.29) is 13.1 Å². The topological polar surface area (TPSA) is 67.9 Å². The number of likely N-dealkylation sites (N-methyl/N-ethyl adjacent to an activating group) is 1. The Hall–Kier alpha value is -1.51. The van der Waals surface area contributed by atoms with Gasteiger partial charge in [0.15, 0.2) is 11.8 Å². The van der Waals surface area contributed by atoms with E-state index in [1.54, 1.807) is 0 Å². The van der Waals surface area contributed by atoms with E-state index in [9.17, 15) is 22.8 Å². The van der Waals surface area contributed by atoms with E-state index in [0.29, 0.717) is 0 Å². The molecular formula is C8H9F3N2O4. The number of carbonyl (C=O) groups is 2. The summed E-state index contributed by atoms with van der Waals surface area (Å²) in [6, 6.07) is 0. The van der Waals surface area contributed by atoms with E-state index in [2.05, 4.69) is 10.1 Å². The van der Waals surface area contributed by atoms with Crippen molar-refractivity contribution in [1.82, 2.24) is 10.2 Å². The van der Waals surface area contributed by atoms with Gasteiger partial charge >= 0.3 is 18.2 Å². The molecule has 6 nitrogen and oxygen atoms in total. The second-order valence-electron chi connectivity index (χ2n) is 3.95. The van der Waals surface area contributed by atoms with Crippen LogP contribution in [0.1, 0.15) is 0 Å². The molecule has 0 saturated carbocycles. The molecule has 2 heterocycles. The van der Waals surface area contributed by atoms with Crippen LogP contribution in [0.2, 0.25) is 0 Å². The van der Waals surface area contributed by atoms with E-state index < -0.39 is 30.1 Å². The fourth-order valence-electron chi connectivity index (χ4n) is 1.71. The number of rotatable bonds is 1. The molecule has 2 unspecified atom stereocenters. The third-order valence-electron chi connectivity index (χ3n) is 2.63. The summed E-state index contributed by atoms with van der Waals surface area (Å²) in [5, 5.41) is 2.48. The first-order valence-corrected chi connectivity index (χ1v) is 4.70. The standard InChI is InChI=1S/C8H9F3N2O4/c1-13-3-7(17-6(13)15)2-12-4(7)16-5(14)8(9,10)11/h4,12H,2-3H2,1H3. The first-order chi connectivity index (χ1) is 7.74. The van der Waals surface area contributed by atoms with E-state index >= 15 is 0 Å². The second kappa shape index (κ2) is 3.49. The van der Waals surface area contributed by atoms with Crippen molar-refractivity contribution >= 4 is 12.1 Å². The van der Waals surface area contributed by atoms with Crippen molar-refractivity contribution in [3.63, 3.8) is 0 Å². The van der Waals surface area contributed by atoms with Gasteiger partial charge in [0, 0.05) is 13.6 Å². The van der Waals surface area contributed by atoms with Crippen LogP contribution in [-0.4, -0.2) is 55.1 Å². The highest BCUT2D eigenvalue weighted by molar-refractivity contribution is 5.76. The van der Waals surface area contributed by atoms with Crippen LogP contribution in [0, 0.1) is 0 Å². The molecule has 0 bridgehead atoms. The third kappa shape index (κ3) is 1.90. The number of alkyl halides is 3. The predicted octanol–water partition coefficient (Wildman–Crippen LogP) is -0.158. The van der Waals surface area contributed by atoms with Gasteiger partial charge in [-0.3, -0.25) is 5.32 Å². The number of nitrogens with zero attached hydrogens (tertiary/aromatic N) is 1. The lowest BCUT2D eigenvalue weighted by Gasteiger charge is -2.43. The molecule has 0 aromatic heterocycles. The summed E-state index contributed by atoms with van der Waals surface area (Å²) in [6.45, 7) is 0.230. The van der Waals surface area contributed by atoms with Crippen LogP contribution in [-0.2, 0) is 14.3 Å². The van der Waals surface area contributed by atoms with Gasteiger partial charge in [-0.1, -0.05) is 0 Å². The molecule has 2 saturated heterocycles. The molecule has 2 aliphatic heterocycles. The number of hydrogen-bond donors (Lipinski definition) is 1. The first-order valence-electron chi connectivity index (χ1n) is 4.70. The minimum absolute atomic E-state index is 0.0780. The number of ether oxygens (including phenoxy) is 2. The number of hydrogen-bond acceptors (Lipinski definition) is 5. The molecule has 0 aliphatic carbocycles. The van der Waals surface area contributed by atoms with Crippen molar-refractivity contribution < 1.29 is 32.2 Å². The Labute approximate surface area is 93.6 Å². The molecule has 2 aliphatic rings. The van der Waals surface area contributed by atoms with Crippen LogP contribution in [0.5, 0.6) is 0 Å². The van der Waals surface area contributed by atoms with Gasteiger partial charge in [-0.05, 0) is 0 Å². The van der Waals surface area contributed by atoms with Crippen molar-refractivity contribution in [2.45, 2.75) is 18.0 Å². The molecule has 1 amide bonds. The van der Waals surface area contributed by atoms with E-state index in [4.69, 9.17) is 4.74 Å². The molecule has 17 heavy (non-hydrogen) atoms. The van der Waals surface area contributed by atoms with Crippen LogP contribution in [0.25, 0.3) is 0 Å². The Morgan fingerprint density at radius 3 is 2.65 bits per heavy atom. The van der Waals surface area contributed by atoms with E-state index in [1.807, 2.05) is 0 Å². The van der Waals surface area contributed by atoms with Gasteiger partial charge in [-0.2, -0.15) is 13.2 Å². The van der Waals surface area contributed by atoms with E-state index in [1.165, 1.54) is 11.9 Å². The van der Waals surface area contributed by atoms with Gasteiger partial charge in [-0.25, -0.2) is 9.59 Å². The predicted molar refractivity (Wildman–Crippen MR) is 45.8 cm³/mol. The quantitative estimate of drug-likeness (QED) is 0.659. The summed E-state index contributed by atoms with van der Waals surface area (Å²) in [6.07, 6.45) is -6.97. The average Bonchev–Trinajstić information content (AvgIpc) is 2.51. The SMILES string of the molecule is CN1CC2(CNC2OC(=O)C(F)(F)F)OC1=O. The van der Waals surface area contributed by atoms with Crippen molar-refractivity contribution in [1.29, 1.82) is 0 Å². The molecular weight excluding hydrogens is 245 g/mol. The normalized spacial score (nSPS) is 32.4. The van der Waals surface area contributed by atoms with Crippen LogP contribution in [0.3, 0.4) is 0 Å². The number of nitrogens with one attached hydrogen (secondary N) is 1. The molecule has 96 valence electrons. The van der Waals surface area contributed by atoms with Crippen LogP contribution in [0.4, 0.5) is 18.0 Å². The smallest absolute Gasteiger partial charge is 0.435 e. The van der Waals surface area contributed by atoms with Crippen molar-refractivity contribution in [3.8, 4) is 0 Å². The van der Waals surface area contributed by atoms with Crippen molar-refractivity contribution in [3.05, 3.63) is 0 Å². The van der Waals surface area contributed by atoms with Gasteiger partial charge in [0.2, 0.25) is 0 Å². The zero-order valence-electron chi connectivity index (χ0n) is 8.71. The largest absolute Gasteiger partial charge is 0.490 e. The lowest BCUT2D eigenvalue weighted by Crippen LogP contribution is -2.71. The second-order valence-corrected chi connectivity index (χ2v) is 3.95. The highest BCUT2D eigenvalue weighted by Gasteiger charge is 2.59. The fourth-order valence-corrected chi connectivity index (χ4v) is 1.71. The molecule has 0 aromatic rings. The minimum Gasteiger partial charge on any atom is -0.435 e. The van der Waals surface area contributed by atoms with Crippen molar-refractivity contribution in [2.24, 2.45) is 0 Å². The molecule has 1 spiro atoms. The Balaban J connectivity index is 2.01. The highest BCUT2D eigenvalue weighted by atomic mass is 19.4. The van der Waals surface area contributed by atoms with Gasteiger partial charge in [0.05, 0.1) is 6.54 Å². The molecule has 0 radical (unpaired) electrons. The zero-order chi connectivity index (χ0) is 12.8. The van der Waals surface area contributed by atoms with Gasteiger partial charge < -0.3 is 14.4 Å². The summed E-state index contributed by atoms with van der Waals surface area (Å²) in [4.78, 5) is 23.0. The Morgan fingerprint density at radius 1 is 1.65 bits per heavy atom. The van der Waals surface area contributed by atoms with Crippen molar-refractivity contribution in [2.75, 3.05) is 20.1 Å². The van der Waals surface area contributed by atoms with Gasteiger partial charge in [0.25, 0.3) is 0 Å². The summed E-state index contributed by atoms with van der Waals surface area (Å²) >= 11 is 0. The number of esters is 1. The lowest BCUT2D eigenvalue weighted by molar-refractivity contribution is -0.227. The maximum absolute atomic E-state index is 12.0. The highest BCUT2D eigenvalue weighted by Crippen LogP contribution is 2.33. The van der Waals surface area contributed by atoms with E-state index in [0.717, 1.165) is 0 Å². The average molecular weight is 254 g/mol. The third-order valence-corrected chi connectivity index (χ3v) is 2.63. The lowest BCUT2D eigenvalue weighted by atomic mass is 9.94. The maximum atomic E-state index is 12.0. The van der Waals surface area contributed by atoms with Crippen LogP contribution in [0.15, 0.2) is 0 Å². The molecule has 1 N–H and O–H groups in total. The maximum Gasteiger partial charge on any atom is 0.490 e. The number of halogens is 3. The molecule has 2 fully saturated rings. The first kappa shape index (κ1) is 12.0. The monoisotopic (exact) mass is 254 g/mol. The Morgan fingerprint density at radius 2 is 2.29 bits per heavy atom. The summed E-state index contributed by atoms with van der Waals surface area (Å²) in [7, 11) is 1.44. The molecule has 2 atom stereocenters. The van der Waals surface area contributed by atoms with Gasteiger partial charge in [-0.15, -0.1) is 0 Å². The fraction of sp³-hybridized carbons (Fsp3) is 0.750. The Kier molecular flexibility index (Phi) is 2.45.